The number of rotatable bonds is 7. The molecule has 3 unspecified atom stereocenters. The highest BCUT2D eigenvalue weighted by Crippen LogP contribution is 2.41. The number of ether oxygens (including phenoxy) is 2. The number of aliphatic imine (C=N–C) groups is 1. The molecule has 1 aliphatic rings. The van der Waals surface area contributed by atoms with Crippen molar-refractivity contribution in [2.45, 2.75) is 18.2 Å². The highest BCUT2D eigenvalue weighted by atomic mass is 16.5. The molecular formula is C30H22N2O3. The molecule has 5 heteroatoms. The van der Waals surface area contributed by atoms with Gasteiger partial charge in [-0.3, -0.25) is 4.79 Å². The summed E-state index contributed by atoms with van der Waals surface area (Å²) in [7, 11) is 0. The van der Waals surface area contributed by atoms with Gasteiger partial charge in [-0.1, -0.05) is 72.8 Å². The molecule has 1 heterocycles. The van der Waals surface area contributed by atoms with Gasteiger partial charge >= 0.3 is 0 Å². The summed E-state index contributed by atoms with van der Waals surface area (Å²) in [6.45, 7) is 0. The number of benzene rings is 4. The van der Waals surface area contributed by atoms with E-state index in [4.69, 9.17) is 19.7 Å². The zero-order valence-electron chi connectivity index (χ0n) is 18.8. The van der Waals surface area contributed by atoms with Gasteiger partial charge in [0.05, 0.1) is 11.6 Å². The van der Waals surface area contributed by atoms with Crippen LogP contribution in [0.25, 0.3) is 0 Å². The second-order valence-corrected chi connectivity index (χ2v) is 8.17. The van der Waals surface area contributed by atoms with Crippen LogP contribution >= 0.6 is 0 Å². The fourth-order valence-corrected chi connectivity index (χ4v) is 4.09. The highest BCUT2D eigenvalue weighted by molar-refractivity contribution is 5.95. The monoisotopic (exact) mass is 458 g/mol. The number of carbonyl (C=O) groups is 1. The molecule has 4 aromatic carbocycles. The Kier molecular flexibility index (Phi) is 6.36. The van der Waals surface area contributed by atoms with E-state index in [-0.39, 0.29) is 12.1 Å². The summed E-state index contributed by atoms with van der Waals surface area (Å²) in [5.74, 6) is 1.08. The van der Waals surface area contributed by atoms with E-state index in [9.17, 15) is 4.79 Å². The van der Waals surface area contributed by atoms with Crippen LogP contribution in [-0.4, -0.2) is 12.2 Å². The van der Waals surface area contributed by atoms with Gasteiger partial charge in [0, 0.05) is 5.56 Å². The van der Waals surface area contributed by atoms with E-state index < -0.39 is 6.10 Å². The molecule has 0 fully saturated rings. The van der Waals surface area contributed by atoms with Crippen molar-refractivity contribution >= 4 is 12.2 Å². The molecule has 0 saturated heterocycles. The Bertz CT molecular complexity index is 1360. The predicted octanol–water partition coefficient (Wildman–Crippen LogP) is 6.14. The van der Waals surface area contributed by atoms with Gasteiger partial charge in [-0.15, -0.1) is 0 Å². The standard InChI is InChI=1S/C30H22N2O3/c31-19-21-11-17-26(18-12-21)34-27(20-33)22-13-15-25(16-14-22)30-32-28(23-7-3-1-4-8-23)29(35-30)24-9-5-2-6-10-24/h1-18,20,27-29H. The lowest BCUT2D eigenvalue weighted by molar-refractivity contribution is -0.113. The number of carbonyl (C=O) groups excluding carboxylic acids is 1. The molecule has 0 bridgehead atoms. The van der Waals surface area contributed by atoms with Crippen molar-refractivity contribution in [2.24, 2.45) is 4.99 Å². The van der Waals surface area contributed by atoms with Gasteiger partial charge in [-0.05, 0) is 53.1 Å². The highest BCUT2D eigenvalue weighted by Gasteiger charge is 2.34. The van der Waals surface area contributed by atoms with E-state index in [1.165, 1.54) is 0 Å². The smallest absolute Gasteiger partial charge is 0.217 e. The first kappa shape index (κ1) is 22.1. The first-order valence-electron chi connectivity index (χ1n) is 11.3. The van der Waals surface area contributed by atoms with Crippen molar-refractivity contribution in [1.29, 1.82) is 5.26 Å². The summed E-state index contributed by atoms with van der Waals surface area (Å²) in [5.41, 5.74) is 4.23. The SMILES string of the molecule is N#Cc1ccc(OC(C=O)c2ccc(C3=NC(c4ccccc4)C(c4ccccc4)O3)cc2)cc1. The summed E-state index contributed by atoms with van der Waals surface area (Å²) < 4.78 is 12.2. The van der Waals surface area contributed by atoms with Crippen LogP contribution < -0.4 is 4.74 Å². The third-order valence-electron chi connectivity index (χ3n) is 5.91. The van der Waals surface area contributed by atoms with Crippen molar-refractivity contribution in [3.63, 3.8) is 0 Å². The van der Waals surface area contributed by atoms with E-state index >= 15 is 0 Å². The van der Waals surface area contributed by atoms with Crippen LogP contribution in [0.2, 0.25) is 0 Å². The zero-order chi connectivity index (χ0) is 24.0. The number of aldehydes is 1. The molecule has 5 nitrogen and oxygen atoms in total. The molecule has 0 N–H and O–H groups in total. The summed E-state index contributed by atoms with van der Waals surface area (Å²) in [4.78, 5) is 16.7. The lowest BCUT2D eigenvalue weighted by atomic mass is 9.97. The number of hydrogen-bond donors (Lipinski definition) is 0. The number of nitriles is 1. The first-order valence-corrected chi connectivity index (χ1v) is 11.3. The Morgan fingerprint density at radius 1 is 0.829 bits per heavy atom. The summed E-state index contributed by atoms with van der Waals surface area (Å²) in [6.07, 6.45) is -0.235. The summed E-state index contributed by atoms with van der Waals surface area (Å²) >= 11 is 0. The average Bonchev–Trinajstić information content (AvgIpc) is 3.39. The molecule has 0 amide bonds. The maximum absolute atomic E-state index is 11.7. The second kappa shape index (κ2) is 10.1. The lowest BCUT2D eigenvalue weighted by Crippen LogP contribution is -2.10. The maximum atomic E-state index is 11.7. The van der Waals surface area contributed by atoms with Gasteiger partial charge in [0.1, 0.15) is 11.8 Å². The minimum Gasteiger partial charge on any atom is -0.478 e. The molecular weight excluding hydrogens is 436 g/mol. The third-order valence-corrected chi connectivity index (χ3v) is 5.91. The van der Waals surface area contributed by atoms with Crippen LogP contribution in [0.1, 0.15) is 46.1 Å². The minimum atomic E-state index is -0.766. The molecule has 0 saturated carbocycles. The Morgan fingerprint density at radius 2 is 1.46 bits per heavy atom. The summed E-state index contributed by atoms with van der Waals surface area (Å²) in [6, 6.07) is 36.3. The van der Waals surface area contributed by atoms with Gasteiger partial charge in [-0.25, -0.2) is 4.99 Å². The molecule has 35 heavy (non-hydrogen) atoms. The number of nitrogens with zero attached hydrogens (tertiary/aromatic N) is 2. The molecule has 0 spiro atoms. The maximum Gasteiger partial charge on any atom is 0.217 e. The van der Waals surface area contributed by atoms with Gasteiger partial charge in [0.15, 0.2) is 18.5 Å². The topological polar surface area (TPSA) is 71.7 Å². The van der Waals surface area contributed by atoms with Crippen LogP contribution in [0.3, 0.4) is 0 Å². The van der Waals surface area contributed by atoms with Crippen molar-refractivity contribution < 1.29 is 14.3 Å². The van der Waals surface area contributed by atoms with Gasteiger partial charge in [0.2, 0.25) is 5.90 Å². The molecule has 5 rings (SSSR count). The van der Waals surface area contributed by atoms with E-state index in [0.29, 0.717) is 22.8 Å². The van der Waals surface area contributed by atoms with E-state index in [2.05, 4.69) is 30.3 Å². The van der Waals surface area contributed by atoms with Crippen molar-refractivity contribution in [2.75, 3.05) is 0 Å². The van der Waals surface area contributed by atoms with E-state index in [1.807, 2.05) is 60.7 Å². The first-order chi connectivity index (χ1) is 17.2. The normalized spacial score (nSPS) is 17.5. The lowest BCUT2D eigenvalue weighted by Gasteiger charge is -2.18. The predicted molar refractivity (Wildman–Crippen MR) is 133 cm³/mol. The van der Waals surface area contributed by atoms with Crippen LogP contribution in [0.15, 0.2) is 114 Å². The quantitative estimate of drug-likeness (QED) is 0.312. The molecule has 170 valence electrons. The van der Waals surface area contributed by atoms with Gasteiger partial charge in [0.25, 0.3) is 0 Å². The fourth-order valence-electron chi connectivity index (χ4n) is 4.09. The Balaban J connectivity index is 1.38. The third kappa shape index (κ3) is 4.83. The van der Waals surface area contributed by atoms with Gasteiger partial charge in [-0.2, -0.15) is 5.26 Å². The average molecular weight is 459 g/mol. The second-order valence-electron chi connectivity index (χ2n) is 8.17. The molecule has 0 aromatic heterocycles. The Morgan fingerprint density at radius 3 is 2.06 bits per heavy atom. The Labute approximate surface area is 203 Å². The molecule has 0 radical (unpaired) electrons. The van der Waals surface area contributed by atoms with Crippen molar-refractivity contribution in [1.82, 2.24) is 0 Å². The van der Waals surface area contributed by atoms with Crippen LogP contribution in [0.4, 0.5) is 0 Å². The van der Waals surface area contributed by atoms with E-state index in [1.54, 1.807) is 24.3 Å². The van der Waals surface area contributed by atoms with Crippen molar-refractivity contribution in [3.05, 3.63) is 137 Å². The van der Waals surface area contributed by atoms with Crippen LogP contribution in [-0.2, 0) is 9.53 Å². The molecule has 4 aromatic rings. The minimum absolute atomic E-state index is 0.157. The van der Waals surface area contributed by atoms with Crippen LogP contribution in [0, 0.1) is 11.3 Å². The largest absolute Gasteiger partial charge is 0.478 e. The van der Waals surface area contributed by atoms with Gasteiger partial charge < -0.3 is 9.47 Å². The molecule has 0 aliphatic carbocycles. The summed E-state index contributed by atoms with van der Waals surface area (Å²) in [5, 5.41) is 8.95. The van der Waals surface area contributed by atoms with Crippen LogP contribution in [0.5, 0.6) is 5.75 Å². The fraction of sp³-hybridized carbons (Fsp3) is 0.100. The molecule has 1 aliphatic heterocycles. The molecule has 3 atom stereocenters. The number of hydrogen-bond acceptors (Lipinski definition) is 5. The van der Waals surface area contributed by atoms with Crippen molar-refractivity contribution in [3.8, 4) is 11.8 Å². The zero-order valence-corrected chi connectivity index (χ0v) is 18.8. The Hall–Kier alpha value is -4.69. The van der Waals surface area contributed by atoms with E-state index in [0.717, 1.165) is 23.0 Å².